The van der Waals surface area contributed by atoms with Gasteiger partial charge in [0.1, 0.15) is 11.5 Å². The molecule has 0 saturated heterocycles. The second-order valence-electron chi connectivity index (χ2n) is 3.74. The first-order chi connectivity index (χ1) is 7.82. The molecule has 0 atom stereocenters. The largest absolute Gasteiger partial charge is 0.456 e. The van der Waals surface area contributed by atoms with Crippen molar-refractivity contribution in [1.82, 2.24) is 9.38 Å². The van der Waals surface area contributed by atoms with Gasteiger partial charge in [-0.3, -0.25) is 4.79 Å². The molecular formula is C11H9F3N2O. The number of imidazole rings is 1. The Morgan fingerprint density at radius 2 is 2.00 bits per heavy atom. The molecule has 17 heavy (non-hydrogen) atoms. The molecule has 0 aliphatic carbocycles. The third-order valence-electron chi connectivity index (χ3n) is 2.51. The van der Waals surface area contributed by atoms with Crippen LogP contribution in [0.1, 0.15) is 21.9 Å². The highest BCUT2D eigenvalue weighted by molar-refractivity contribution is 6.04. The Labute approximate surface area is 94.9 Å². The standard InChI is InChI=1S/C11H9F3N2O/c1-6-4-3-5-16-7(2)15-8(9(6)16)10(17)11(12,13)14/h3-5H,1-2H3. The van der Waals surface area contributed by atoms with E-state index in [9.17, 15) is 18.0 Å². The molecule has 0 fully saturated rings. The van der Waals surface area contributed by atoms with Crippen LogP contribution in [0.4, 0.5) is 13.2 Å². The molecule has 2 aromatic rings. The van der Waals surface area contributed by atoms with Gasteiger partial charge in [-0.25, -0.2) is 4.98 Å². The normalized spacial score (nSPS) is 12.1. The van der Waals surface area contributed by atoms with Gasteiger partial charge in [0.2, 0.25) is 0 Å². The Kier molecular flexibility index (Phi) is 2.45. The summed E-state index contributed by atoms with van der Waals surface area (Å²) in [4.78, 5) is 15.0. The molecule has 6 heteroatoms. The summed E-state index contributed by atoms with van der Waals surface area (Å²) in [7, 11) is 0. The van der Waals surface area contributed by atoms with Crippen LogP contribution in [-0.2, 0) is 0 Å². The number of hydrogen-bond donors (Lipinski definition) is 0. The van der Waals surface area contributed by atoms with Gasteiger partial charge in [-0.1, -0.05) is 6.07 Å². The van der Waals surface area contributed by atoms with Gasteiger partial charge in [0.15, 0.2) is 0 Å². The maximum atomic E-state index is 12.4. The van der Waals surface area contributed by atoms with Crippen LogP contribution in [-0.4, -0.2) is 21.3 Å². The Morgan fingerprint density at radius 3 is 2.59 bits per heavy atom. The van der Waals surface area contributed by atoms with Crippen molar-refractivity contribution in [1.29, 1.82) is 0 Å². The molecule has 0 aliphatic rings. The first kappa shape index (κ1) is 11.6. The van der Waals surface area contributed by atoms with Crippen LogP contribution >= 0.6 is 0 Å². The summed E-state index contributed by atoms with van der Waals surface area (Å²) >= 11 is 0. The minimum atomic E-state index is -4.90. The van der Waals surface area contributed by atoms with Gasteiger partial charge in [-0.2, -0.15) is 13.2 Å². The fraction of sp³-hybridized carbons (Fsp3) is 0.273. The first-order valence-electron chi connectivity index (χ1n) is 4.88. The Bertz CT molecular complexity index is 599. The number of aryl methyl sites for hydroxylation is 2. The summed E-state index contributed by atoms with van der Waals surface area (Å²) < 4.78 is 38.7. The lowest BCUT2D eigenvalue weighted by Gasteiger charge is -2.04. The number of alkyl halides is 3. The number of fused-ring (bicyclic) bond motifs is 1. The van der Waals surface area contributed by atoms with Crippen molar-refractivity contribution in [3.8, 4) is 0 Å². The Morgan fingerprint density at radius 1 is 1.35 bits per heavy atom. The second kappa shape index (κ2) is 3.58. The topological polar surface area (TPSA) is 34.4 Å². The van der Waals surface area contributed by atoms with Crippen molar-refractivity contribution in [2.75, 3.05) is 0 Å². The lowest BCUT2D eigenvalue weighted by atomic mass is 10.1. The quantitative estimate of drug-likeness (QED) is 0.720. The predicted octanol–water partition coefficient (Wildman–Crippen LogP) is 2.70. The number of carbonyl (C=O) groups excluding carboxylic acids is 1. The molecule has 3 nitrogen and oxygen atoms in total. The van der Waals surface area contributed by atoms with Crippen LogP contribution in [0, 0.1) is 13.8 Å². The van der Waals surface area contributed by atoms with E-state index in [1.165, 1.54) is 4.40 Å². The maximum Gasteiger partial charge on any atom is 0.456 e. The highest BCUT2D eigenvalue weighted by atomic mass is 19.4. The molecule has 0 amide bonds. The molecule has 0 aliphatic heterocycles. The van der Waals surface area contributed by atoms with Crippen LogP contribution in [0.2, 0.25) is 0 Å². The van der Waals surface area contributed by atoms with Crippen LogP contribution in [0.25, 0.3) is 5.52 Å². The van der Waals surface area contributed by atoms with E-state index in [1.807, 2.05) is 0 Å². The number of hydrogen-bond acceptors (Lipinski definition) is 2. The number of carbonyl (C=O) groups is 1. The average molecular weight is 242 g/mol. The van der Waals surface area contributed by atoms with Gasteiger partial charge < -0.3 is 4.40 Å². The molecule has 2 heterocycles. The van der Waals surface area contributed by atoms with Gasteiger partial charge in [-0.15, -0.1) is 0 Å². The van der Waals surface area contributed by atoms with E-state index in [0.29, 0.717) is 11.4 Å². The van der Waals surface area contributed by atoms with Crippen LogP contribution in [0.3, 0.4) is 0 Å². The summed E-state index contributed by atoms with van der Waals surface area (Å²) in [5.41, 5.74) is 0.265. The predicted molar refractivity (Wildman–Crippen MR) is 55.1 cm³/mol. The molecule has 0 aromatic carbocycles. The number of halogens is 3. The summed E-state index contributed by atoms with van der Waals surface area (Å²) in [6.45, 7) is 3.20. The van der Waals surface area contributed by atoms with E-state index in [0.717, 1.165) is 0 Å². The van der Waals surface area contributed by atoms with Crippen molar-refractivity contribution in [2.24, 2.45) is 0 Å². The van der Waals surface area contributed by atoms with Crippen molar-refractivity contribution >= 4 is 11.3 Å². The monoisotopic (exact) mass is 242 g/mol. The van der Waals surface area contributed by atoms with E-state index in [2.05, 4.69) is 4.98 Å². The van der Waals surface area contributed by atoms with Crippen LogP contribution < -0.4 is 0 Å². The average Bonchev–Trinajstić information content (AvgIpc) is 2.55. The molecule has 90 valence electrons. The van der Waals surface area contributed by atoms with E-state index >= 15 is 0 Å². The van der Waals surface area contributed by atoms with E-state index in [1.54, 1.807) is 32.2 Å². The van der Waals surface area contributed by atoms with Crippen LogP contribution in [0.5, 0.6) is 0 Å². The van der Waals surface area contributed by atoms with Gasteiger partial charge in [-0.05, 0) is 25.5 Å². The number of nitrogens with zero attached hydrogens (tertiary/aromatic N) is 2. The van der Waals surface area contributed by atoms with E-state index in [4.69, 9.17) is 0 Å². The second-order valence-corrected chi connectivity index (χ2v) is 3.74. The van der Waals surface area contributed by atoms with Gasteiger partial charge in [0, 0.05) is 6.20 Å². The zero-order valence-electron chi connectivity index (χ0n) is 9.17. The van der Waals surface area contributed by atoms with Crippen LogP contribution in [0.15, 0.2) is 18.3 Å². The minimum Gasteiger partial charge on any atom is -0.303 e. The Balaban J connectivity index is 2.76. The summed E-state index contributed by atoms with van der Waals surface area (Å²) in [5.74, 6) is -1.55. The Hall–Kier alpha value is -1.85. The molecule has 2 rings (SSSR count). The third-order valence-corrected chi connectivity index (χ3v) is 2.51. The number of rotatable bonds is 1. The molecule has 0 bridgehead atoms. The zero-order valence-corrected chi connectivity index (χ0v) is 9.17. The van der Waals surface area contributed by atoms with E-state index in [-0.39, 0.29) is 5.52 Å². The SMILES string of the molecule is Cc1cccn2c(C)nc(C(=O)C(F)(F)F)c12. The third kappa shape index (κ3) is 1.79. The summed E-state index contributed by atoms with van der Waals surface area (Å²) in [6, 6.07) is 3.34. The first-order valence-corrected chi connectivity index (χ1v) is 4.88. The van der Waals surface area contributed by atoms with Crippen molar-refractivity contribution < 1.29 is 18.0 Å². The molecule has 0 radical (unpaired) electrons. The lowest BCUT2D eigenvalue weighted by molar-refractivity contribution is -0.0887. The smallest absolute Gasteiger partial charge is 0.303 e. The van der Waals surface area contributed by atoms with Crippen molar-refractivity contribution in [2.45, 2.75) is 20.0 Å². The van der Waals surface area contributed by atoms with Gasteiger partial charge in [0.25, 0.3) is 5.78 Å². The van der Waals surface area contributed by atoms with Gasteiger partial charge >= 0.3 is 6.18 Å². The molecule has 0 spiro atoms. The highest BCUT2D eigenvalue weighted by Crippen LogP contribution is 2.25. The number of ketones is 1. The zero-order chi connectivity index (χ0) is 12.8. The fourth-order valence-corrected chi connectivity index (χ4v) is 1.75. The molecule has 0 saturated carbocycles. The van der Waals surface area contributed by atoms with Crippen molar-refractivity contribution in [3.05, 3.63) is 35.4 Å². The van der Waals surface area contributed by atoms with Crippen molar-refractivity contribution in [3.63, 3.8) is 0 Å². The molecule has 2 aromatic heterocycles. The lowest BCUT2D eigenvalue weighted by Crippen LogP contribution is -2.23. The van der Waals surface area contributed by atoms with Gasteiger partial charge in [0.05, 0.1) is 5.52 Å². The molecule has 0 unspecified atom stereocenters. The summed E-state index contributed by atoms with van der Waals surface area (Å²) in [6.07, 6.45) is -3.32. The number of Topliss-reactive ketones (excluding diaryl/α,β-unsaturated/α-hetero) is 1. The number of pyridine rings is 1. The highest BCUT2D eigenvalue weighted by Gasteiger charge is 2.42. The number of aromatic nitrogens is 2. The minimum absolute atomic E-state index is 0.215. The fourth-order valence-electron chi connectivity index (χ4n) is 1.75. The molecular weight excluding hydrogens is 233 g/mol. The summed E-state index contributed by atoms with van der Waals surface area (Å²) in [5, 5.41) is 0. The molecule has 0 N–H and O–H groups in total. The van der Waals surface area contributed by atoms with E-state index < -0.39 is 17.7 Å². The maximum absolute atomic E-state index is 12.4.